The molecule has 0 atom stereocenters. The molecule has 94 valence electrons. The molecule has 0 saturated heterocycles. The SMILES string of the molecule is CCOC(=O)Cc1c(I)ncc(O)c1C(F)F. The van der Waals surface area contributed by atoms with Gasteiger partial charge in [-0.1, -0.05) is 0 Å². The predicted molar refractivity (Wildman–Crippen MR) is 63.9 cm³/mol. The van der Waals surface area contributed by atoms with Crippen LogP contribution in [0.5, 0.6) is 5.75 Å². The van der Waals surface area contributed by atoms with Gasteiger partial charge < -0.3 is 9.84 Å². The molecule has 0 radical (unpaired) electrons. The van der Waals surface area contributed by atoms with Gasteiger partial charge >= 0.3 is 5.97 Å². The largest absolute Gasteiger partial charge is 0.506 e. The van der Waals surface area contributed by atoms with Crippen molar-refractivity contribution in [3.8, 4) is 5.75 Å². The summed E-state index contributed by atoms with van der Waals surface area (Å²) in [6, 6.07) is 0. The van der Waals surface area contributed by atoms with Crippen molar-refractivity contribution in [3.63, 3.8) is 0 Å². The van der Waals surface area contributed by atoms with E-state index < -0.39 is 23.7 Å². The molecule has 17 heavy (non-hydrogen) atoms. The highest BCUT2D eigenvalue weighted by Gasteiger charge is 2.23. The van der Waals surface area contributed by atoms with E-state index in [0.717, 1.165) is 6.20 Å². The summed E-state index contributed by atoms with van der Waals surface area (Å²) in [4.78, 5) is 15.0. The van der Waals surface area contributed by atoms with E-state index in [4.69, 9.17) is 0 Å². The predicted octanol–water partition coefficient (Wildman–Crippen LogP) is 2.44. The van der Waals surface area contributed by atoms with Crippen molar-refractivity contribution in [3.05, 3.63) is 21.0 Å². The molecule has 0 aliphatic carbocycles. The first-order valence-electron chi connectivity index (χ1n) is 4.77. The van der Waals surface area contributed by atoms with Crippen molar-refractivity contribution in [2.45, 2.75) is 19.8 Å². The van der Waals surface area contributed by atoms with Crippen LogP contribution in [0.4, 0.5) is 8.78 Å². The number of aromatic hydroxyl groups is 1. The summed E-state index contributed by atoms with van der Waals surface area (Å²) >= 11 is 1.73. The number of rotatable bonds is 4. The van der Waals surface area contributed by atoms with Crippen LogP contribution in [0.25, 0.3) is 0 Å². The normalized spacial score (nSPS) is 10.6. The van der Waals surface area contributed by atoms with Gasteiger partial charge in [0.2, 0.25) is 0 Å². The van der Waals surface area contributed by atoms with E-state index >= 15 is 0 Å². The molecule has 0 bridgehead atoms. The Bertz CT molecular complexity index is 426. The average Bonchev–Trinajstić information content (AvgIpc) is 2.23. The molecule has 0 aromatic carbocycles. The second-order valence-corrected chi connectivity index (χ2v) is 4.13. The highest BCUT2D eigenvalue weighted by molar-refractivity contribution is 14.1. The third-order valence-corrected chi connectivity index (χ3v) is 2.92. The molecule has 7 heteroatoms. The van der Waals surface area contributed by atoms with Crippen molar-refractivity contribution in [1.29, 1.82) is 0 Å². The van der Waals surface area contributed by atoms with Gasteiger partial charge in [0.05, 0.1) is 24.8 Å². The number of pyridine rings is 1. The summed E-state index contributed by atoms with van der Waals surface area (Å²) in [7, 11) is 0. The minimum Gasteiger partial charge on any atom is -0.506 e. The number of hydrogen-bond donors (Lipinski definition) is 1. The monoisotopic (exact) mass is 357 g/mol. The molecule has 1 aromatic rings. The molecule has 0 spiro atoms. The maximum atomic E-state index is 12.8. The van der Waals surface area contributed by atoms with Crippen LogP contribution in [0.15, 0.2) is 6.20 Å². The lowest BCUT2D eigenvalue weighted by Gasteiger charge is -2.11. The number of ether oxygens (including phenoxy) is 1. The third-order valence-electron chi connectivity index (χ3n) is 1.99. The van der Waals surface area contributed by atoms with E-state index in [9.17, 15) is 18.7 Å². The zero-order chi connectivity index (χ0) is 13.0. The van der Waals surface area contributed by atoms with Gasteiger partial charge in [-0.05, 0) is 29.5 Å². The van der Waals surface area contributed by atoms with E-state index in [1.807, 2.05) is 0 Å². The number of alkyl halides is 2. The zero-order valence-electron chi connectivity index (χ0n) is 8.91. The Hall–Kier alpha value is -0.990. The number of carbonyl (C=O) groups excluding carboxylic acids is 1. The molecular formula is C10H10F2INO3. The van der Waals surface area contributed by atoms with Gasteiger partial charge in [-0.2, -0.15) is 0 Å². The van der Waals surface area contributed by atoms with Gasteiger partial charge in [0.25, 0.3) is 6.43 Å². The molecule has 1 rings (SSSR count). The van der Waals surface area contributed by atoms with E-state index in [0.29, 0.717) is 0 Å². The van der Waals surface area contributed by atoms with Crippen molar-refractivity contribution >= 4 is 28.6 Å². The first-order valence-corrected chi connectivity index (χ1v) is 5.85. The van der Waals surface area contributed by atoms with Gasteiger partial charge in [0.1, 0.15) is 9.45 Å². The summed E-state index contributed by atoms with van der Waals surface area (Å²) in [6.07, 6.45) is -2.25. The second kappa shape index (κ2) is 6.08. The highest BCUT2D eigenvalue weighted by Crippen LogP contribution is 2.33. The molecule has 0 saturated carbocycles. The smallest absolute Gasteiger partial charge is 0.310 e. The first kappa shape index (κ1) is 14.1. The van der Waals surface area contributed by atoms with Gasteiger partial charge in [0, 0.05) is 5.56 Å². The van der Waals surface area contributed by atoms with Crippen molar-refractivity contribution in [2.75, 3.05) is 6.61 Å². The van der Waals surface area contributed by atoms with Crippen molar-refractivity contribution < 1.29 is 23.4 Å². The lowest BCUT2D eigenvalue weighted by atomic mass is 10.1. The van der Waals surface area contributed by atoms with Gasteiger partial charge in [-0.15, -0.1) is 0 Å². The summed E-state index contributed by atoms with van der Waals surface area (Å²) in [5, 5.41) is 9.33. The summed E-state index contributed by atoms with van der Waals surface area (Å²) < 4.78 is 30.5. The van der Waals surface area contributed by atoms with Crippen LogP contribution in [0.3, 0.4) is 0 Å². The fourth-order valence-electron chi connectivity index (χ4n) is 1.30. The van der Waals surface area contributed by atoms with E-state index in [2.05, 4.69) is 9.72 Å². The first-order chi connectivity index (χ1) is 7.97. The maximum absolute atomic E-state index is 12.8. The number of aromatic nitrogens is 1. The van der Waals surface area contributed by atoms with Gasteiger partial charge in [-0.3, -0.25) is 4.79 Å². The molecule has 1 N–H and O–H groups in total. The quantitative estimate of drug-likeness (QED) is 0.511. The third kappa shape index (κ3) is 3.48. The maximum Gasteiger partial charge on any atom is 0.310 e. The van der Waals surface area contributed by atoms with Gasteiger partial charge in [0.15, 0.2) is 0 Å². The molecule has 4 nitrogen and oxygen atoms in total. The molecule has 0 aliphatic rings. The Morgan fingerprint density at radius 1 is 1.65 bits per heavy atom. The summed E-state index contributed by atoms with van der Waals surface area (Å²) in [5.41, 5.74) is -0.545. The lowest BCUT2D eigenvalue weighted by Crippen LogP contribution is -2.12. The second-order valence-electron chi connectivity index (χ2n) is 3.11. The van der Waals surface area contributed by atoms with Crippen LogP contribution in [-0.2, 0) is 16.0 Å². The number of hydrogen-bond acceptors (Lipinski definition) is 4. The Morgan fingerprint density at radius 2 is 2.29 bits per heavy atom. The molecule has 1 aromatic heterocycles. The Morgan fingerprint density at radius 3 is 2.82 bits per heavy atom. The minimum absolute atomic E-state index is 0.0130. The molecule has 0 aliphatic heterocycles. The number of halogens is 3. The van der Waals surface area contributed by atoms with E-state index in [1.54, 1.807) is 29.5 Å². The topological polar surface area (TPSA) is 59.4 Å². The fourth-order valence-corrected chi connectivity index (χ4v) is 1.92. The van der Waals surface area contributed by atoms with Crippen LogP contribution >= 0.6 is 22.6 Å². The fraction of sp³-hybridized carbons (Fsp3) is 0.400. The van der Waals surface area contributed by atoms with Crippen molar-refractivity contribution in [2.24, 2.45) is 0 Å². The zero-order valence-corrected chi connectivity index (χ0v) is 11.1. The van der Waals surface area contributed by atoms with Crippen LogP contribution in [-0.4, -0.2) is 22.7 Å². The molecule has 0 unspecified atom stereocenters. The molecule has 0 fully saturated rings. The number of esters is 1. The van der Waals surface area contributed by atoms with Crippen LogP contribution < -0.4 is 0 Å². The number of nitrogens with zero attached hydrogens (tertiary/aromatic N) is 1. The minimum atomic E-state index is -2.86. The Balaban J connectivity index is 3.12. The molecular weight excluding hydrogens is 347 g/mol. The van der Waals surface area contributed by atoms with Gasteiger partial charge in [-0.25, -0.2) is 13.8 Å². The van der Waals surface area contributed by atoms with Crippen LogP contribution in [0.2, 0.25) is 0 Å². The van der Waals surface area contributed by atoms with E-state index in [1.165, 1.54) is 0 Å². The van der Waals surface area contributed by atoms with Crippen LogP contribution in [0.1, 0.15) is 24.5 Å². The highest BCUT2D eigenvalue weighted by atomic mass is 127. The lowest BCUT2D eigenvalue weighted by molar-refractivity contribution is -0.142. The summed E-state index contributed by atoms with van der Waals surface area (Å²) in [6.45, 7) is 1.79. The van der Waals surface area contributed by atoms with Crippen molar-refractivity contribution in [1.82, 2.24) is 4.98 Å². The molecule has 1 heterocycles. The average molecular weight is 357 g/mol. The standard InChI is InChI=1S/C10H10F2INO3/c1-2-17-7(16)3-5-8(9(11)12)6(15)4-14-10(5)13/h4,9,15H,2-3H2,1H3. The Labute approximate surface area is 110 Å². The van der Waals surface area contributed by atoms with Crippen LogP contribution in [0, 0.1) is 3.70 Å². The number of carbonyl (C=O) groups is 1. The van der Waals surface area contributed by atoms with E-state index in [-0.39, 0.29) is 22.3 Å². The Kier molecular flexibility index (Phi) is 5.03. The molecule has 0 amide bonds. The summed E-state index contributed by atoms with van der Waals surface area (Å²) in [5.74, 6) is -1.24.